The summed E-state index contributed by atoms with van der Waals surface area (Å²) in [5, 5.41) is 2.59. The Morgan fingerprint density at radius 3 is 2.55 bits per heavy atom. The van der Waals surface area contributed by atoms with Gasteiger partial charge in [-0.2, -0.15) is 0 Å². The van der Waals surface area contributed by atoms with Crippen LogP contribution in [0.15, 0.2) is 45.8 Å². The number of thioether (sulfide) groups is 1. The van der Waals surface area contributed by atoms with Gasteiger partial charge in [0.1, 0.15) is 29.0 Å². The molecule has 2 aromatic carbocycles. The Bertz CT molecular complexity index is 964. The van der Waals surface area contributed by atoms with Crippen LogP contribution < -0.4 is 24.3 Å². The van der Waals surface area contributed by atoms with Crippen molar-refractivity contribution in [2.75, 3.05) is 27.4 Å². The molecule has 0 radical (unpaired) electrons. The van der Waals surface area contributed by atoms with Crippen molar-refractivity contribution in [3.8, 4) is 23.0 Å². The topological polar surface area (TPSA) is 66.0 Å². The molecular formula is C20H18BrNO5S2. The van der Waals surface area contributed by atoms with E-state index in [9.17, 15) is 4.79 Å². The third-order valence-corrected chi connectivity index (χ3v) is 5.58. The van der Waals surface area contributed by atoms with Gasteiger partial charge in [-0.25, -0.2) is 0 Å². The molecule has 1 N–H and O–H groups in total. The highest BCUT2D eigenvalue weighted by Crippen LogP contribution is 2.38. The molecule has 9 heteroatoms. The fourth-order valence-corrected chi connectivity index (χ4v) is 4.15. The molecule has 0 unspecified atom stereocenters. The van der Waals surface area contributed by atoms with Crippen molar-refractivity contribution in [1.29, 1.82) is 0 Å². The summed E-state index contributed by atoms with van der Waals surface area (Å²) >= 11 is 9.75. The molecule has 1 heterocycles. The lowest BCUT2D eigenvalue weighted by atomic mass is 10.2. The smallest absolute Gasteiger partial charge is 0.263 e. The molecule has 1 aliphatic rings. The van der Waals surface area contributed by atoms with Crippen molar-refractivity contribution in [2.45, 2.75) is 0 Å². The van der Waals surface area contributed by atoms with E-state index in [0.717, 1.165) is 11.3 Å². The fraction of sp³-hybridized carbons (Fsp3) is 0.200. The first kappa shape index (κ1) is 21.5. The number of ether oxygens (including phenoxy) is 4. The maximum atomic E-state index is 11.8. The molecule has 152 valence electrons. The predicted octanol–water partition coefficient (Wildman–Crippen LogP) is 4.41. The molecule has 1 aliphatic heterocycles. The highest BCUT2D eigenvalue weighted by molar-refractivity contribution is 9.10. The van der Waals surface area contributed by atoms with Crippen molar-refractivity contribution in [3.05, 3.63) is 51.3 Å². The molecule has 0 spiro atoms. The highest BCUT2D eigenvalue weighted by Gasteiger charge is 2.22. The summed E-state index contributed by atoms with van der Waals surface area (Å²) in [5.41, 5.74) is 0.788. The number of benzene rings is 2. The lowest BCUT2D eigenvalue weighted by Crippen LogP contribution is -2.17. The van der Waals surface area contributed by atoms with Crippen LogP contribution >= 0.6 is 39.9 Å². The van der Waals surface area contributed by atoms with Crippen LogP contribution in [-0.4, -0.2) is 37.7 Å². The van der Waals surface area contributed by atoms with Crippen LogP contribution in [0.5, 0.6) is 23.0 Å². The highest BCUT2D eigenvalue weighted by atomic mass is 79.9. The number of halogens is 1. The van der Waals surface area contributed by atoms with Crippen LogP contribution in [0.1, 0.15) is 5.56 Å². The van der Waals surface area contributed by atoms with Gasteiger partial charge in [-0.05, 0) is 51.8 Å². The van der Waals surface area contributed by atoms with Crippen LogP contribution in [0.2, 0.25) is 0 Å². The second-order valence-electron chi connectivity index (χ2n) is 5.76. The van der Waals surface area contributed by atoms with Crippen molar-refractivity contribution in [2.24, 2.45) is 0 Å². The lowest BCUT2D eigenvalue weighted by molar-refractivity contribution is -0.115. The van der Waals surface area contributed by atoms with E-state index in [1.165, 1.54) is 11.8 Å². The zero-order chi connectivity index (χ0) is 20.8. The molecule has 29 heavy (non-hydrogen) atoms. The summed E-state index contributed by atoms with van der Waals surface area (Å²) in [4.78, 5) is 12.4. The molecule has 0 aromatic heterocycles. The number of thiocarbonyl (C=S) groups is 1. The number of carbonyl (C=O) groups is 1. The fourth-order valence-electron chi connectivity index (χ4n) is 2.53. The number of hydrogen-bond donors (Lipinski definition) is 1. The van der Waals surface area contributed by atoms with E-state index in [-0.39, 0.29) is 5.91 Å². The van der Waals surface area contributed by atoms with Gasteiger partial charge >= 0.3 is 0 Å². The SMILES string of the molecule is COc1cccc(OCCOc2c(Br)cc(/C=C3\SC(=S)NC3=O)cc2OC)c1. The van der Waals surface area contributed by atoms with E-state index in [1.54, 1.807) is 26.4 Å². The molecule has 3 rings (SSSR count). The van der Waals surface area contributed by atoms with Crippen LogP contribution in [0.25, 0.3) is 6.08 Å². The first-order valence-electron chi connectivity index (χ1n) is 8.52. The lowest BCUT2D eigenvalue weighted by Gasteiger charge is -2.14. The van der Waals surface area contributed by atoms with Gasteiger partial charge in [0.25, 0.3) is 5.91 Å². The average Bonchev–Trinajstić information content (AvgIpc) is 3.02. The van der Waals surface area contributed by atoms with E-state index in [1.807, 2.05) is 30.3 Å². The number of nitrogens with one attached hydrogen (secondary N) is 1. The van der Waals surface area contributed by atoms with Gasteiger partial charge in [-0.15, -0.1) is 0 Å². The van der Waals surface area contributed by atoms with Crippen molar-refractivity contribution >= 4 is 56.2 Å². The summed E-state index contributed by atoms with van der Waals surface area (Å²) in [6.07, 6.45) is 1.75. The van der Waals surface area contributed by atoms with Crippen LogP contribution in [0.4, 0.5) is 0 Å². The zero-order valence-electron chi connectivity index (χ0n) is 15.7. The minimum atomic E-state index is -0.204. The molecule has 0 bridgehead atoms. The first-order chi connectivity index (χ1) is 14.0. The third-order valence-electron chi connectivity index (χ3n) is 3.83. The van der Waals surface area contributed by atoms with E-state index in [2.05, 4.69) is 21.2 Å². The van der Waals surface area contributed by atoms with E-state index in [0.29, 0.717) is 44.2 Å². The minimum Gasteiger partial charge on any atom is -0.497 e. The molecule has 1 saturated heterocycles. The quantitative estimate of drug-likeness (QED) is 0.330. The molecular weight excluding hydrogens is 478 g/mol. The van der Waals surface area contributed by atoms with Gasteiger partial charge in [0.15, 0.2) is 11.5 Å². The van der Waals surface area contributed by atoms with Gasteiger partial charge in [-0.3, -0.25) is 4.79 Å². The summed E-state index contributed by atoms with van der Waals surface area (Å²) in [6.45, 7) is 0.669. The second-order valence-corrected chi connectivity index (χ2v) is 8.34. The summed E-state index contributed by atoms with van der Waals surface area (Å²) in [5.74, 6) is 2.32. The molecule has 1 fully saturated rings. The van der Waals surface area contributed by atoms with Crippen LogP contribution in [-0.2, 0) is 4.79 Å². The van der Waals surface area contributed by atoms with Gasteiger partial charge in [-0.1, -0.05) is 30.0 Å². The maximum absolute atomic E-state index is 11.8. The average molecular weight is 496 g/mol. The van der Waals surface area contributed by atoms with Crippen LogP contribution in [0, 0.1) is 0 Å². The minimum absolute atomic E-state index is 0.204. The van der Waals surface area contributed by atoms with Gasteiger partial charge < -0.3 is 24.3 Å². The number of carbonyl (C=O) groups excluding carboxylic acids is 1. The van der Waals surface area contributed by atoms with E-state index in [4.69, 9.17) is 31.2 Å². The maximum Gasteiger partial charge on any atom is 0.263 e. The number of rotatable bonds is 8. The number of methoxy groups -OCH3 is 2. The first-order valence-corrected chi connectivity index (χ1v) is 10.5. The van der Waals surface area contributed by atoms with E-state index >= 15 is 0 Å². The Hall–Kier alpha value is -2.23. The second kappa shape index (κ2) is 10.00. The van der Waals surface area contributed by atoms with Crippen LogP contribution in [0.3, 0.4) is 0 Å². The summed E-state index contributed by atoms with van der Waals surface area (Å²) < 4.78 is 23.3. The predicted molar refractivity (Wildman–Crippen MR) is 121 cm³/mol. The Balaban J connectivity index is 1.65. The Morgan fingerprint density at radius 1 is 1.10 bits per heavy atom. The standard InChI is InChI=1S/C20H18BrNO5S2/c1-24-13-4-3-5-14(11-13)26-6-7-27-18-15(21)8-12(9-16(18)25-2)10-17-19(23)22-20(28)29-17/h3-5,8-11H,6-7H2,1-2H3,(H,22,23,28)/b17-10-. The molecule has 0 atom stereocenters. The Morgan fingerprint density at radius 2 is 1.86 bits per heavy atom. The van der Waals surface area contributed by atoms with E-state index < -0.39 is 0 Å². The summed E-state index contributed by atoms with van der Waals surface area (Å²) in [7, 11) is 3.17. The van der Waals surface area contributed by atoms with Crippen molar-refractivity contribution < 1.29 is 23.7 Å². The van der Waals surface area contributed by atoms with Gasteiger partial charge in [0.2, 0.25) is 0 Å². The normalized spacial score (nSPS) is 14.7. The molecule has 0 saturated carbocycles. The number of amides is 1. The summed E-state index contributed by atoms with van der Waals surface area (Å²) in [6, 6.07) is 11.0. The van der Waals surface area contributed by atoms with Gasteiger partial charge in [0.05, 0.1) is 23.6 Å². The Kier molecular flexibility index (Phi) is 7.40. The Labute approximate surface area is 186 Å². The molecule has 1 amide bonds. The number of hydrogen-bond acceptors (Lipinski definition) is 7. The van der Waals surface area contributed by atoms with Crippen molar-refractivity contribution in [3.63, 3.8) is 0 Å². The molecule has 2 aromatic rings. The molecule has 0 aliphatic carbocycles. The zero-order valence-corrected chi connectivity index (χ0v) is 18.9. The van der Waals surface area contributed by atoms with Gasteiger partial charge in [0, 0.05) is 6.07 Å². The largest absolute Gasteiger partial charge is 0.497 e. The monoisotopic (exact) mass is 495 g/mol. The molecule has 6 nitrogen and oxygen atoms in total. The third kappa shape index (κ3) is 5.65. The van der Waals surface area contributed by atoms with Crippen molar-refractivity contribution in [1.82, 2.24) is 5.32 Å².